The van der Waals surface area contributed by atoms with Crippen molar-refractivity contribution >= 4 is 16.8 Å². The zero-order valence-corrected chi connectivity index (χ0v) is 16.8. The molecule has 0 heterocycles. The molecule has 5 unspecified atom stereocenters. The molecule has 0 amide bonds. The van der Waals surface area contributed by atoms with Gasteiger partial charge in [0.05, 0.1) is 0 Å². The van der Waals surface area contributed by atoms with Crippen molar-refractivity contribution in [2.45, 2.75) is 69.2 Å². The second kappa shape index (κ2) is 9.13. The molecule has 0 saturated heterocycles. The zero-order chi connectivity index (χ0) is 19.4. The number of halogens is 2. The van der Waals surface area contributed by atoms with Gasteiger partial charge in [0.25, 0.3) is 0 Å². The molecular weight excluding hydrogens is 368 g/mol. The minimum absolute atomic E-state index is 0.0154. The number of aliphatic imine (C=N–C) groups is 1. The van der Waals surface area contributed by atoms with Crippen LogP contribution in [0.15, 0.2) is 23.2 Å². The van der Waals surface area contributed by atoms with E-state index in [4.69, 9.17) is 0 Å². The molecule has 3 rings (SSSR count). The molecule has 2 N–H and O–H groups in total. The lowest BCUT2D eigenvalue weighted by Crippen LogP contribution is -2.47. The molecule has 5 atom stereocenters. The monoisotopic (exact) mass is 397 g/mol. The molecule has 1 aromatic rings. The van der Waals surface area contributed by atoms with Crippen LogP contribution in [0.25, 0.3) is 0 Å². The minimum atomic E-state index is -0.771. The van der Waals surface area contributed by atoms with Crippen LogP contribution in [0.2, 0.25) is 0 Å². The standard InChI is InChI=1S/C20H29F2N3OS/c1-3-23-20(24-13-7-5-8-14(11-13)27(26)4-2)25-18-12-15(18)19-16(21)9-6-10-17(19)22/h6,9-10,13-15,18H,3-5,7-8,11-12H2,1-2H3,(H2,23,24,25). The third-order valence-corrected chi connectivity index (χ3v) is 7.16. The Kier molecular flexibility index (Phi) is 6.84. The summed E-state index contributed by atoms with van der Waals surface area (Å²) in [5.41, 5.74) is 0.168. The van der Waals surface area contributed by atoms with E-state index in [0.29, 0.717) is 24.7 Å². The molecule has 7 heteroatoms. The van der Waals surface area contributed by atoms with E-state index in [-0.39, 0.29) is 28.8 Å². The molecule has 0 aliphatic heterocycles. The summed E-state index contributed by atoms with van der Waals surface area (Å²) in [7, 11) is -0.771. The molecule has 4 nitrogen and oxygen atoms in total. The number of nitrogens with one attached hydrogen (secondary N) is 2. The Balaban J connectivity index is 1.59. The summed E-state index contributed by atoms with van der Waals surface area (Å²) in [6, 6.07) is 4.23. The molecule has 2 aliphatic rings. The number of guanidine groups is 1. The zero-order valence-electron chi connectivity index (χ0n) is 16.0. The van der Waals surface area contributed by atoms with E-state index in [0.717, 1.165) is 25.7 Å². The molecular formula is C20H29F2N3OS. The molecule has 2 aliphatic carbocycles. The van der Waals surface area contributed by atoms with Crippen LogP contribution >= 0.6 is 0 Å². The topological polar surface area (TPSA) is 53.5 Å². The van der Waals surface area contributed by atoms with E-state index < -0.39 is 22.4 Å². The fraction of sp³-hybridized carbons (Fsp3) is 0.650. The molecule has 150 valence electrons. The smallest absolute Gasteiger partial charge is 0.191 e. The van der Waals surface area contributed by atoms with E-state index >= 15 is 0 Å². The van der Waals surface area contributed by atoms with Crippen molar-refractivity contribution in [2.75, 3.05) is 12.3 Å². The van der Waals surface area contributed by atoms with Crippen LogP contribution in [0, 0.1) is 11.6 Å². The van der Waals surface area contributed by atoms with Gasteiger partial charge in [0.2, 0.25) is 0 Å². The predicted molar refractivity (Wildman–Crippen MR) is 106 cm³/mol. The third-order valence-electron chi connectivity index (χ3n) is 5.42. The van der Waals surface area contributed by atoms with Crippen LogP contribution in [0.3, 0.4) is 0 Å². The van der Waals surface area contributed by atoms with Gasteiger partial charge in [-0.05, 0) is 44.7 Å². The number of benzene rings is 1. The number of hydrogen-bond donors (Lipinski definition) is 2. The Bertz CT molecular complexity index is 692. The van der Waals surface area contributed by atoms with Crippen LogP contribution in [-0.2, 0) is 10.8 Å². The third kappa shape index (κ3) is 5.06. The number of nitrogens with zero attached hydrogens (tertiary/aromatic N) is 1. The predicted octanol–water partition coefficient (Wildman–Crippen LogP) is 3.46. The van der Waals surface area contributed by atoms with Gasteiger partial charge in [0.15, 0.2) is 5.96 Å². The van der Waals surface area contributed by atoms with Crippen molar-refractivity contribution in [1.29, 1.82) is 0 Å². The highest BCUT2D eigenvalue weighted by molar-refractivity contribution is 7.85. The van der Waals surface area contributed by atoms with Gasteiger partial charge < -0.3 is 10.6 Å². The van der Waals surface area contributed by atoms with Gasteiger partial charge in [0.1, 0.15) is 11.6 Å². The Labute approximate surface area is 162 Å². The second-order valence-electron chi connectivity index (χ2n) is 7.35. The van der Waals surface area contributed by atoms with E-state index in [1.807, 2.05) is 13.8 Å². The summed E-state index contributed by atoms with van der Waals surface area (Å²) >= 11 is 0. The van der Waals surface area contributed by atoms with Crippen LogP contribution < -0.4 is 10.6 Å². The summed E-state index contributed by atoms with van der Waals surface area (Å²) in [6.45, 7) is 4.55. The average molecular weight is 398 g/mol. The van der Waals surface area contributed by atoms with Crippen LogP contribution in [0.4, 0.5) is 8.78 Å². The Morgan fingerprint density at radius 2 is 1.93 bits per heavy atom. The molecule has 0 bridgehead atoms. The lowest BCUT2D eigenvalue weighted by molar-refractivity contribution is 0.413. The van der Waals surface area contributed by atoms with Gasteiger partial charge in [-0.15, -0.1) is 0 Å². The lowest BCUT2D eigenvalue weighted by Gasteiger charge is -2.30. The Hall–Kier alpha value is -1.50. The first-order valence-electron chi connectivity index (χ1n) is 9.92. The van der Waals surface area contributed by atoms with Crippen LogP contribution in [-0.4, -0.2) is 39.8 Å². The largest absolute Gasteiger partial charge is 0.354 e. The van der Waals surface area contributed by atoms with Crippen molar-refractivity contribution in [3.63, 3.8) is 0 Å². The van der Waals surface area contributed by atoms with Crippen molar-refractivity contribution in [3.8, 4) is 0 Å². The van der Waals surface area contributed by atoms with Crippen LogP contribution in [0.5, 0.6) is 0 Å². The van der Waals surface area contributed by atoms with E-state index in [1.54, 1.807) is 0 Å². The highest BCUT2D eigenvalue weighted by atomic mass is 32.2. The normalized spacial score (nSPS) is 29.3. The first-order valence-corrected chi connectivity index (χ1v) is 11.3. The van der Waals surface area contributed by atoms with Crippen molar-refractivity contribution in [2.24, 2.45) is 4.99 Å². The van der Waals surface area contributed by atoms with Gasteiger partial charge in [-0.2, -0.15) is 0 Å². The van der Waals surface area contributed by atoms with E-state index in [2.05, 4.69) is 15.6 Å². The van der Waals surface area contributed by atoms with Gasteiger partial charge >= 0.3 is 0 Å². The van der Waals surface area contributed by atoms with Gasteiger partial charge in [-0.1, -0.05) is 19.4 Å². The SMILES string of the molecule is CCN=C(NC1CCCC(S(=O)CC)C1)NC1CC1c1c(F)cccc1F. The summed E-state index contributed by atoms with van der Waals surface area (Å²) in [5.74, 6) is 0.256. The maximum absolute atomic E-state index is 14.0. The number of rotatable bonds is 6. The first-order chi connectivity index (χ1) is 13.0. The molecule has 1 aromatic carbocycles. The Morgan fingerprint density at radius 3 is 2.59 bits per heavy atom. The maximum atomic E-state index is 14.0. The quantitative estimate of drug-likeness (QED) is 0.571. The first kappa shape index (κ1) is 20.2. The maximum Gasteiger partial charge on any atom is 0.191 e. The highest BCUT2D eigenvalue weighted by Gasteiger charge is 2.42. The molecule has 27 heavy (non-hydrogen) atoms. The Morgan fingerprint density at radius 1 is 1.19 bits per heavy atom. The van der Waals surface area contributed by atoms with E-state index in [9.17, 15) is 13.0 Å². The fourth-order valence-corrected chi connectivity index (χ4v) is 5.30. The summed E-state index contributed by atoms with van der Waals surface area (Å²) in [5, 5.41) is 7.03. The summed E-state index contributed by atoms with van der Waals surface area (Å²) in [4.78, 5) is 4.49. The van der Waals surface area contributed by atoms with Crippen molar-refractivity contribution < 1.29 is 13.0 Å². The highest BCUT2D eigenvalue weighted by Crippen LogP contribution is 2.43. The van der Waals surface area contributed by atoms with Gasteiger partial charge in [0, 0.05) is 51.9 Å². The van der Waals surface area contributed by atoms with E-state index in [1.165, 1.54) is 18.2 Å². The number of hydrogen-bond acceptors (Lipinski definition) is 2. The molecule has 0 radical (unpaired) electrons. The van der Waals surface area contributed by atoms with Gasteiger partial charge in [-0.25, -0.2) is 8.78 Å². The summed E-state index contributed by atoms with van der Waals surface area (Å²) < 4.78 is 40.1. The molecule has 0 aromatic heterocycles. The molecule has 0 spiro atoms. The lowest BCUT2D eigenvalue weighted by atomic mass is 9.95. The van der Waals surface area contributed by atoms with Crippen molar-refractivity contribution in [3.05, 3.63) is 35.4 Å². The fourth-order valence-electron chi connectivity index (χ4n) is 3.95. The second-order valence-corrected chi connectivity index (χ2v) is 9.36. The summed E-state index contributed by atoms with van der Waals surface area (Å²) in [6.07, 6.45) is 4.66. The minimum Gasteiger partial charge on any atom is -0.354 e. The van der Waals surface area contributed by atoms with Crippen LogP contribution in [0.1, 0.15) is 57.4 Å². The molecule has 2 saturated carbocycles. The van der Waals surface area contributed by atoms with Crippen molar-refractivity contribution in [1.82, 2.24) is 10.6 Å². The molecule has 2 fully saturated rings. The van der Waals surface area contributed by atoms with Gasteiger partial charge in [-0.3, -0.25) is 9.20 Å². The average Bonchev–Trinajstić information content (AvgIpc) is 3.40.